The van der Waals surface area contributed by atoms with E-state index in [1.165, 1.54) is 23.5 Å². The Morgan fingerprint density at radius 2 is 1.86 bits per heavy atom. The smallest absolute Gasteiger partial charge is 0.252 e. The van der Waals surface area contributed by atoms with Gasteiger partial charge in [-0.15, -0.1) is 11.3 Å². The summed E-state index contributed by atoms with van der Waals surface area (Å²) in [5.41, 5.74) is 2.68. The summed E-state index contributed by atoms with van der Waals surface area (Å²) in [4.78, 5) is 19.0. The van der Waals surface area contributed by atoms with Crippen molar-refractivity contribution in [3.8, 4) is 10.6 Å². The van der Waals surface area contributed by atoms with Gasteiger partial charge in [-0.2, -0.15) is 0 Å². The molecule has 0 saturated carbocycles. The van der Waals surface area contributed by atoms with Crippen LogP contribution < -0.4 is 10.0 Å². The summed E-state index contributed by atoms with van der Waals surface area (Å²) < 4.78 is 28.2. The Labute approximate surface area is 214 Å². The zero-order chi connectivity index (χ0) is 24.8. The number of thiophene rings is 1. The van der Waals surface area contributed by atoms with E-state index < -0.39 is 10.0 Å². The molecular formula is C26H26ClN3O3S2. The van der Waals surface area contributed by atoms with Gasteiger partial charge in [-0.05, 0) is 66.2 Å². The lowest BCUT2D eigenvalue weighted by Crippen LogP contribution is -2.26. The Morgan fingerprint density at radius 1 is 1.06 bits per heavy atom. The molecule has 9 heteroatoms. The summed E-state index contributed by atoms with van der Waals surface area (Å²) >= 11 is 7.48. The van der Waals surface area contributed by atoms with Gasteiger partial charge in [0.05, 0.1) is 26.5 Å². The number of unbranched alkanes of at least 4 members (excludes halogenated alkanes) is 1. The molecule has 6 nitrogen and oxygen atoms in total. The molecule has 182 valence electrons. The fourth-order valence-corrected chi connectivity index (χ4v) is 5.56. The average Bonchev–Trinajstić information content (AvgIpc) is 3.39. The predicted molar refractivity (Wildman–Crippen MR) is 143 cm³/mol. The number of carbonyl (C=O) groups is 1. The van der Waals surface area contributed by atoms with Crippen molar-refractivity contribution in [2.45, 2.75) is 31.1 Å². The lowest BCUT2D eigenvalue weighted by Gasteiger charge is -2.12. The molecule has 2 heterocycles. The second-order valence-corrected chi connectivity index (χ2v) is 11.2. The molecule has 0 spiro atoms. The van der Waals surface area contributed by atoms with E-state index in [1.807, 2.05) is 48.7 Å². The van der Waals surface area contributed by atoms with E-state index in [1.54, 1.807) is 12.1 Å². The molecule has 4 aromatic rings. The second kappa shape index (κ2) is 11.3. The molecule has 0 radical (unpaired) electrons. The molecule has 4 rings (SSSR count). The normalized spacial score (nSPS) is 11.6. The van der Waals surface area contributed by atoms with Crippen LogP contribution >= 0.6 is 22.9 Å². The number of fused-ring (bicyclic) bond motifs is 1. The maximum absolute atomic E-state index is 13.3. The Hall–Kier alpha value is -2.78. The highest BCUT2D eigenvalue weighted by Crippen LogP contribution is 2.29. The molecule has 2 aromatic heterocycles. The third-order valence-corrected chi connectivity index (χ3v) is 8.15. The van der Waals surface area contributed by atoms with Crippen molar-refractivity contribution in [3.63, 3.8) is 0 Å². The number of amides is 1. The van der Waals surface area contributed by atoms with Crippen molar-refractivity contribution < 1.29 is 13.2 Å². The molecule has 2 aromatic carbocycles. The standard InChI is InChI=1S/C26H26ClN3O3S2/c1-2-3-13-29-35(32,33)20-10-11-23-21(16-20)22(17-24(30-23)25-5-4-15-34-25)26(31)28-14-12-18-6-8-19(27)9-7-18/h4-11,15-17,29H,2-3,12-14H2,1H3,(H,28,31). The van der Waals surface area contributed by atoms with E-state index >= 15 is 0 Å². The fraction of sp³-hybridized carbons (Fsp3) is 0.231. The second-order valence-electron chi connectivity index (χ2n) is 8.10. The van der Waals surface area contributed by atoms with Gasteiger partial charge in [-0.3, -0.25) is 4.79 Å². The first kappa shape index (κ1) is 25.3. The van der Waals surface area contributed by atoms with Crippen LogP contribution in [0.25, 0.3) is 21.5 Å². The number of nitrogens with one attached hydrogen (secondary N) is 2. The number of pyridine rings is 1. The van der Waals surface area contributed by atoms with Crippen LogP contribution in [0.15, 0.2) is 70.9 Å². The average molecular weight is 528 g/mol. The lowest BCUT2D eigenvalue weighted by molar-refractivity contribution is 0.0955. The van der Waals surface area contributed by atoms with Crippen LogP contribution in [0.5, 0.6) is 0 Å². The van der Waals surface area contributed by atoms with E-state index in [9.17, 15) is 13.2 Å². The summed E-state index contributed by atoms with van der Waals surface area (Å²) in [7, 11) is -3.69. The minimum absolute atomic E-state index is 0.113. The van der Waals surface area contributed by atoms with Gasteiger partial charge in [0.25, 0.3) is 5.91 Å². The number of hydrogen-bond donors (Lipinski definition) is 2. The van der Waals surface area contributed by atoms with Crippen LogP contribution in [0.4, 0.5) is 0 Å². The number of rotatable bonds is 10. The van der Waals surface area contributed by atoms with E-state index in [-0.39, 0.29) is 10.8 Å². The Bertz CT molecular complexity index is 1420. The summed E-state index contributed by atoms with van der Waals surface area (Å²) in [6, 6.07) is 17.8. The van der Waals surface area contributed by atoms with Crippen molar-refractivity contribution in [3.05, 3.63) is 82.2 Å². The van der Waals surface area contributed by atoms with E-state index in [0.717, 1.165) is 23.3 Å². The fourth-order valence-electron chi connectivity index (χ4n) is 3.64. The van der Waals surface area contributed by atoms with E-state index in [0.29, 0.717) is 46.7 Å². The third kappa shape index (κ3) is 6.27. The molecule has 0 unspecified atom stereocenters. The maximum atomic E-state index is 13.3. The molecule has 0 aliphatic heterocycles. The number of halogens is 1. The molecule has 35 heavy (non-hydrogen) atoms. The number of aromatic nitrogens is 1. The molecular weight excluding hydrogens is 502 g/mol. The van der Waals surface area contributed by atoms with Crippen LogP contribution in [-0.2, 0) is 16.4 Å². The van der Waals surface area contributed by atoms with Crippen molar-refractivity contribution >= 4 is 49.8 Å². The van der Waals surface area contributed by atoms with Crippen LogP contribution in [0.1, 0.15) is 35.7 Å². The number of sulfonamides is 1. The van der Waals surface area contributed by atoms with Crippen molar-refractivity contribution in [1.29, 1.82) is 0 Å². The Morgan fingerprint density at radius 3 is 2.57 bits per heavy atom. The van der Waals surface area contributed by atoms with Crippen LogP contribution in [0.3, 0.4) is 0 Å². The molecule has 0 aliphatic rings. The Balaban J connectivity index is 1.66. The quantitative estimate of drug-likeness (QED) is 0.260. The first-order valence-corrected chi connectivity index (χ1v) is 14.1. The lowest BCUT2D eigenvalue weighted by atomic mass is 10.1. The van der Waals surface area contributed by atoms with Crippen molar-refractivity contribution in [2.24, 2.45) is 0 Å². The minimum Gasteiger partial charge on any atom is -0.352 e. The van der Waals surface area contributed by atoms with Crippen LogP contribution in [0.2, 0.25) is 5.02 Å². The van der Waals surface area contributed by atoms with Gasteiger partial charge >= 0.3 is 0 Å². The number of hydrogen-bond acceptors (Lipinski definition) is 5. The summed E-state index contributed by atoms with van der Waals surface area (Å²) in [5.74, 6) is -0.280. The van der Waals surface area contributed by atoms with Gasteiger partial charge < -0.3 is 5.32 Å². The summed E-state index contributed by atoms with van der Waals surface area (Å²) in [6.07, 6.45) is 2.28. The highest BCUT2D eigenvalue weighted by Gasteiger charge is 2.19. The first-order chi connectivity index (χ1) is 16.9. The zero-order valence-corrected chi connectivity index (χ0v) is 21.6. The number of nitrogens with zero attached hydrogens (tertiary/aromatic N) is 1. The first-order valence-electron chi connectivity index (χ1n) is 11.4. The molecule has 0 saturated heterocycles. The van der Waals surface area contributed by atoms with Gasteiger partial charge in [0.2, 0.25) is 10.0 Å². The zero-order valence-electron chi connectivity index (χ0n) is 19.3. The van der Waals surface area contributed by atoms with Crippen molar-refractivity contribution in [1.82, 2.24) is 15.0 Å². The largest absolute Gasteiger partial charge is 0.352 e. The van der Waals surface area contributed by atoms with Gasteiger partial charge in [-0.1, -0.05) is 43.1 Å². The monoisotopic (exact) mass is 527 g/mol. The van der Waals surface area contributed by atoms with Gasteiger partial charge in [-0.25, -0.2) is 18.1 Å². The topological polar surface area (TPSA) is 88.2 Å². The van der Waals surface area contributed by atoms with Crippen LogP contribution in [-0.4, -0.2) is 32.4 Å². The SMILES string of the molecule is CCCCNS(=O)(=O)c1ccc2nc(-c3cccs3)cc(C(=O)NCCc3ccc(Cl)cc3)c2c1. The minimum atomic E-state index is -3.69. The van der Waals surface area contributed by atoms with Gasteiger partial charge in [0.1, 0.15) is 0 Å². The van der Waals surface area contributed by atoms with Gasteiger partial charge in [0.15, 0.2) is 0 Å². The predicted octanol–water partition coefficient (Wildman–Crippen LogP) is 5.67. The molecule has 2 N–H and O–H groups in total. The van der Waals surface area contributed by atoms with Gasteiger partial charge in [0, 0.05) is 23.5 Å². The molecule has 0 fully saturated rings. The molecule has 1 amide bonds. The van der Waals surface area contributed by atoms with E-state index in [2.05, 4.69) is 10.0 Å². The molecule has 0 bridgehead atoms. The summed E-state index contributed by atoms with van der Waals surface area (Å²) in [5, 5.41) is 6.07. The maximum Gasteiger partial charge on any atom is 0.252 e. The number of carbonyl (C=O) groups excluding carboxylic acids is 1. The summed E-state index contributed by atoms with van der Waals surface area (Å²) in [6.45, 7) is 2.79. The van der Waals surface area contributed by atoms with Crippen molar-refractivity contribution in [2.75, 3.05) is 13.1 Å². The number of benzene rings is 2. The highest BCUT2D eigenvalue weighted by atomic mass is 35.5. The van der Waals surface area contributed by atoms with Crippen LogP contribution in [0, 0.1) is 0 Å². The molecule has 0 atom stereocenters. The van der Waals surface area contributed by atoms with E-state index in [4.69, 9.17) is 16.6 Å². The Kier molecular flexibility index (Phi) is 8.18. The third-order valence-electron chi connectivity index (χ3n) is 5.54. The molecule has 0 aliphatic carbocycles. The highest BCUT2D eigenvalue weighted by molar-refractivity contribution is 7.89.